The highest BCUT2D eigenvalue weighted by Crippen LogP contribution is 2.22. The van der Waals surface area contributed by atoms with Crippen molar-refractivity contribution in [1.82, 2.24) is 9.62 Å². The van der Waals surface area contributed by atoms with Crippen molar-refractivity contribution < 1.29 is 17.9 Å². The first-order chi connectivity index (χ1) is 13.2. The lowest BCUT2D eigenvalue weighted by molar-refractivity contribution is -0.121. The van der Waals surface area contributed by atoms with Gasteiger partial charge in [-0.25, -0.2) is 12.7 Å². The van der Waals surface area contributed by atoms with Gasteiger partial charge >= 0.3 is 0 Å². The van der Waals surface area contributed by atoms with Gasteiger partial charge in [-0.2, -0.15) is 0 Å². The number of hydrogen-bond donors (Lipinski definition) is 1. The van der Waals surface area contributed by atoms with Gasteiger partial charge in [0.15, 0.2) is 0 Å². The van der Waals surface area contributed by atoms with Crippen LogP contribution in [-0.4, -0.2) is 45.9 Å². The average Bonchev–Trinajstić information content (AvgIpc) is 2.65. The van der Waals surface area contributed by atoms with Gasteiger partial charge < -0.3 is 10.1 Å². The summed E-state index contributed by atoms with van der Waals surface area (Å²) >= 11 is 11.9. The fourth-order valence-electron chi connectivity index (χ4n) is 2.34. The van der Waals surface area contributed by atoms with Crippen LogP contribution >= 0.6 is 23.2 Å². The maximum absolute atomic E-state index is 12.0. The van der Waals surface area contributed by atoms with Gasteiger partial charge in [-0.1, -0.05) is 29.3 Å². The van der Waals surface area contributed by atoms with Crippen LogP contribution in [0.25, 0.3) is 0 Å². The highest BCUT2D eigenvalue weighted by atomic mass is 35.5. The summed E-state index contributed by atoms with van der Waals surface area (Å²) in [5.74, 6) is 0.418. The number of carbonyl (C=O) groups excluding carboxylic acids is 1. The maximum atomic E-state index is 12.0. The number of nitrogens with one attached hydrogen (secondary N) is 1. The summed E-state index contributed by atoms with van der Waals surface area (Å²) in [5, 5.41) is 3.87. The molecule has 0 aliphatic heterocycles. The summed E-state index contributed by atoms with van der Waals surface area (Å²) in [6, 6.07) is 11.3. The van der Waals surface area contributed by atoms with Crippen molar-refractivity contribution >= 4 is 39.1 Å². The minimum absolute atomic E-state index is 0.109. The molecule has 0 aromatic heterocycles. The normalized spacial score (nSPS) is 11.5. The fourth-order valence-corrected chi connectivity index (χ4v) is 3.74. The van der Waals surface area contributed by atoms with Crippen molar-refractivity contribution in [3.05, 3.63) is 58.1 Å². The quantitative estimate of drug-likeness (QED) is 0.601. The zero-order chi connectivity index (χ0) is 20.7. The summed E-state index contributed by atoms with van der Waals surface area (Å²) < 4.78 is 30.7. The van der Waals surface area contributed by atoms with Crippen molar-refractivity contribution in [1.29, 1.82) is 0 Å². The summed E-state index contributed by atoms with van der Waals surface area (Å²) in [4.78, 5) is 12.1. The Morgan fingerprint density at radius 3 is 2.39 bits per heavy atom. The van der Waals surface area contributed by atoms with Crippen LogP contribution in [0.4, 0.5) is 0 Å². The highest BCUT2D eigenvalue weighted by Gasteiger charge is 2.16. The van der Waals surface area contributed by atoms with Crippen LogP contribution in [0.15, 0.2) is 47.4 Å². The molecule has 0 radical (unpaired) electrons. The topological polar surface area (TPSA) is 75.7 Å². The number of nitrogens with zero attached hydrogens (tertiary/aromatic N) is 1. The molecule has 2 aromatic carbocycles. The van der Waals surface area contributed by atoms with E-state index in [1.54, 1.807) is 30.3 Å². The lowest BCUT2D eigenvalue weighted by Crippen LogP contribution is -2.28. The number of rotatable bonds is 9. The zero-order valence-electron chi connectivity index (χ0n) is 15.6. The Hall–Kier alpha value is -1.80. The number of ether oxygens (including phenoxy) is 1. The lowest BCUT2D eigenvalue weighted by atomic mass is 10.1. The monoisotopic (exact) mass is 444 g/mol. The average molecular weight is 445 g/mol. The van der Waals surface area contributed by atoms with E-state index >= 15 is 0 Å². The Balaban J connectivity index is 1.73. The van der Waals surface area contributed by atoms with E-state index in [2.05, 4.69) is 5.32 Å². The third-order valence-corrected chi connectivity index (χ3v) is 6.35. The van der Waals surface area contributed by atoms with Crippen LogP contribution in [0.5, 0.6) is 5.75 Å². The van der Waals surface area contributed by atoms with Crippen LogP contribution in [0.3, 0.4) is 0 Å². The first kappa shape index (κ1) is 22.5. The van der Waals surface area contributed by atoms with E-state index in [0.29, 0.717) is 35.2 Å². The minimum atomic E-state index is -3.46. The molecule has 0 atom stereocenters. The van der Waals surface area contributed by atoms with Gasteiger partial charge in [0.2, 0.25) is 15.9 Å². The first-order valence-corrected chi connectivity index (χ1v) is 10.8. The van der Waals surface area contributed by atoms with Gasteiger partial charge in [0.25, 0.3) is 0 Å². The van der Waals surface area contributed by atoms with Crippen LogP contribution < -0.4 is 10.1 Å². The van der Waals surface area contributed by atoms with Crippen LogP contribution in [0, 0.1) is 0 Å². The van der Waals surface area contributed by atoms with E-state index in [1.165, 1.54) is 26.2 Å². The number of amides is 1. The van der Waals surface area contributed by atoms with Gasteiger partial charge in [-0.3, -0.25) is 4.79 Å². The van der Waals surface area contributed by atoms with E-state index in [1.807, 2.05) is 0 Å². The van der Waals surface area contributed by atoms with E-state index in [4.69, 9.17) is 27.9 Å². The first-order valence-electron chi connectivity index (χ1n) is 8.56. The molecule has 0 spiro atoms. The largest absolute Gasteiger partial charge is 0.492 e. The molecule has 0 saturated carbocycles. The molecule has 0 fully saturated rings. The predicted octanol–water partition coefficient (Wildman–Crippen LogP) is 3.37. The molecular weight excluding hydrogens is 423 g/mol. The second-order valence-electron chi connectivity index (χ2n) is 6.19. The number of hydrogen-bond acceptors (Lipinski definition) is 4. The molecule has 2 aromatic rings. The molecule has 0 unspecified atom stereocenters. The molecule has 0 saturated heterocycles. The van der Waals surface area contributed by atoms with Gasteiger partial charge in [0.05, 0.1) is 11.4 Å². The summed E-state index contributed by atoms with van der Waals surface area (Å²) in [6.07, 6.45) is 0.822. The number of carbonyl (C=O) groups is 1. The van der Waals surface area contributed by atoms with Crippen molar-refractivity contribution in [2.24, 2.45) is 0 Å². The Labute approximate surface area is 175 Å². The number of sulfonamides is 1. The molecule has 0 aliphatic carbocycles. The third-order valence-electron chi connectivity index (χ3n) is 3.93. The van der Waals surface area contributed by atoms with Gasteiger partial charge in [0.1, 0.15) is 12.4 Å². The number of aryl methyl sites for hydroxylation is 1. The fraction of sp³-hybridized carbons (Fsp3) is 0.316. The lowest BCUT2D eigenvalue weighted by Gasteiger charge is -2.12. The molecule has 28 heavy (non-hydrogen) atoms. The maximum Gasteiger partial charge on any atom is 0.242 e. The molecule has 6 nitrogen and oxygen atoms in total. The Bertz CT molecular complexity index is 916. The molecule has 152 valence electrons. The van der Waals surface area contributed by atoms with Crippen molar-refractivity contribution in [3.63, 3.8) is 0 Å². The van der Waals surface area contributed by atoms with Crippen molar-refractivity contribution in [3.8, 4) is 5.75 Å². The highest BCUT2D eigenvalue weighted by molar-refractivity contribution is 7.89. The van der Waals surface area contributed by atoms with Crippen LogP contribution in [0.2, 0.25) is 10.0 Å². The second-order valence-corrected chi connectivity index (χ2v) is 9.19. The number of benzene rings is 2. The molecule has 0 heterocycles. The SMILES string of the molecule is CN(C)S(=O)(=O)c1ccc(OCCNC(=O)CCc2ccc(Cl)cc2Cl)cc1. The van der Waals surface area contributed by atoms with E-state index in [9.17, 15) is 13.2 Å². The molecule has 0 aliphatic rings. The Morgan fingerprint density at radius 1 is 1.11 bits per heavy atom. The molecular formula is C19H22Cl2N2O4S. The molecule has 1 N–H and O–H groups in total. The van der Waals surface area contributed by atoms with Crippen molar-refractivity contribution in [2.45, 2.75) is 17.7 Å². The zero-order valence-corrected chi connectivity index (χ0v) is 17.9. The van der Waals surface area contributed by atoms with Crippen LogP contribution in [0.1, 0.15) is 12.0 Å². The third kappa shape index (κ3) is 6.38. The smallest absolute Gasteiger partial charge is 0.242 e. The summed E-state index contributed by atoms with van der Waals surface area (Å²) in [5.41, 5.74) is 0.866. The van der Waals surface area contributed by atoms with Gasteiger partial charge in [-0.15, -0.1) is 0 Å². The predicted molar refractivity (Wildman–Crippen MR) is 111 cm³/mol. The molecule has 2 rings (SSSR count). The van der Waals surface area contributed by atoms with Gasteiger partial charge in [0, 0.05) is 30.6 Å². The van der Waals surface area contributed by atoms with Crippen molar-refractivity contribution in [2.75, 3.05) is 27.2 Å². The standard InChI is InChI=1S/C19H22Cl2N2O4S/c1-23(2)28(25,26)17-8-6-16(7-9-17)27-12-11-22-19(24)10-4-14-3-5-15(20)13-18(14)21/h3,5-9,13H,4,10-12H2,1-2H3,(H,22,24). The summed E-state index contributed by atoms with van der Waals surface area (Å²) in [7, 11) is -0.510. The van der Waals surface area contributed by atoms with E-state index in [0.717, 1.165) is 9.87 Å². The Morgan fingerprint density at radius 2 is 1.79 bits per heavy atom. The van der Waals surface area contributed by atoms with Gasteiger partial charge in [-0.05, 0) is 48.4 Å². The van der Waals surface area contributed by atoms with Crippen LogP contribution in [-0.2, 0) is 21.2 Å². The minimum Gasteiger partial charge on any atom is -0.492 e. The molecule has 0 bridgehead atoms. The van der Waals surface area contributed by atoms with E-state index < -0.39 is 10.0 Å². The molecule has 1 amide bonds. The number of halogens is 2. The van der Waals surface area contributed by atoms with E-state index in [-0.39, 0.29) is 17.4 Å². The summed E-state index contributed by atoms with van der Waals surface area (Å²) in [6.45, 7) is 0.609. The molecule has 9 heteroatoms. The second kappa shape index (κ2) is 10.1. The Kier molecular flexibility index (Phi) is 8.12.